The van der Waals surface area contributed by atoms with E-state index in [2.05, 4.69) is 41.3 Å². The van der Waals surface area contributed by atoms with Crippen LogP contribution >= 0.6 is 15.9 Å². The molecule has 18 heavy (non-hydrogen) atoms. The molecule has 0 aliphatic heterocycles. The maximum absolute atomic E-state index is 5.95. The number of rotatable bonds is 5. The van der Waals surface area contributed by atoms with Crippen LogP contribution in [-0.2, 0) is 0 Å². The lowest BCUT2D eigenvalue weighted by atomic mass is 9.93. The summed E-state index contributed by atoms with van der Waals surface area (Å²) in [4.78, 5) is 0. The average Bonchev–Trinajstić information content (AvgIpc) is 2.80. The minimum absolute atomic E-state index is 0.0688. The van der Waals surface area contributed by atoms with Gasteiger partial charge in [-0.25, -0.2) is 5.43 Å². The van der Waals surface area contributed by atoms with Gasteiger partial charge in [0.2, 0.25) is 0 Å². The Labute approximate surface area is 116 Å². The molecule has 1 unspecified atom stereocenters. The van der Waals surface area contributed by atoms with Gasteiger partial charge in [-0.1, -0.05) is 38.8 Å². The molecule has 0 saturated heterocycles. The van der Waals surface area contributed by atoms with Crippen LogP contribution in [0.1, 0.15) is 38.5 Å². The smallest absolute Gasteiger partial charge is 0.148 e. The van der Waals surface area contributed by atoms with E-state index in [-0.39, 0.29) is 6.04 Å². The molecule has 0 aliphatic rings. The van der Waals surface area contributed by atoms with Crippen molar-refractivity contribution in [1.29, 1.82) is 0 Å². The summed E-state index contributed by atoms with van der Waals surface area (Å²) in [6.07, 6.45) is 2.15. The van der Waals surface area contributed by atoms with E-state index >= 15 is 0 Å². The first-order chi connectivity index (χ1) is 8.71. The maximum Gasteiger partial charge on any atom is 0.148 e. The molecule has 1 aromatic carbocycles. The third-order valence-electron chi connectivity index (χ3n) is 3.52. The van der Waals surface area contributed by atoms with Crippen LogP contribution in [0.25, 0.3) is 11.0 Å². The molecule has 1 aromatic heterocycles. The van der Waals surface area contributed by atoms with E-state index in [1.807, 2.05) is 18.2 Å². The number of nitrogens with one attached hydrogen (secondary N) is 1. The summed E-state index contributed by atoms with van der Waals surface area (Å²) in [6.45, 7) is 4.36. The normalized spacial score (nSPS) is 13.4. The Morgan fingerprint density at radius 3 is 2.61 bits per heavy atom. The molecule has 0 amide bonds. The predicted octanol–water partition coefficient (Wildman–Crippen LogP) is 4.14. The number of benzene rings is 1. The van der Waals surface area contributed by atoms with Crippen molar-refractivity contribution in [3.63, 3.8) is 0 Å². The SMILES string of the molecule is CCC(CC)C(NN)c1cc2cccc(Br)c2o1. The predicted molar refractivity (Wildman–Crippen MR) is 78.1 cm³/mol. The van der Waals surface area contributed by atoms with Crippen LogP contribution < -0.4 is 11.3 Å². The van der Waals surface area contributed by atoms with Gasteiger partial charge in [-0.2, -0.15) is 0 Å². The highest BCUT2D eigenvalue weighted by atomic mass is 79.9. The summed E-state index contributed by atoms with van der Waals surface area (Å²) in [7, 11) is 0. The molecule has 0 aliphatic carbocycles. The van der Waals surface area contributed by atoms with Crippen LogP contribution in [0, 0.1) is 5.92 Å². The monoisotopic (exact) mass is 310 g/mol. The van der Waals surface area contributed by atoms with Gasteiger partial charge in [0.25, 0.3) is 0 Å². The molecule has 0 radical (unpaired) electrons. The Bertz CT molecular complexity index is 519. The summed E-state index contributed by atoms with van der Waals surface area (Å²) in [5.74, 6) is 7.09. The number of hydrogen-bond donors (Lipinski definition) is 2. The van der Waals surface area contributed by atoms with Crippen LogP contribution in [0.3, 0.4) is 0 Å². The lowest BCUT2D eigenvalue weighted by molar-refractivity contribution is 0.303. The highest BCUT2D eigenvalue weighted by Crippen LogP contribution is 2.33. The average molecular weight is 311 g/mol. The van der Waals surface area contributed by atoms with Crippen LogP contribution in [0.5, 0.6) is 0 Å². The standard InChI is InChI=1S/C14H19BrN2O/c1-3-9(4-2)13(17-16)12-8-10-6-5-7-11(15)14(10)18-12/h5-9,13,17H,3-4,16H2,1-2H3. The number of furan rings is 1. The van der Waals surface area contributed by atoms with E-state index in [1.165, 1.54) is 0 Å². The number of para-hydroxylation sites is 1. The van der Waals surface area contributed by atoms with Gasteiger partial charge < -0.3 is 4.42 Å². The number of nitrogens with two attached hydrogens (primary N) is 1. The van der Waals surface area contributed by atoms with Crippen molar-refractivity contribution in [2.45, 2.75) is 32.7 Å². The Hall–Kier alpha value is -0.840. The minimum Gasteiger partial charge on any atom is -0.458 e. The molecule has 3 N–H and O–H groups in total. The van der Waals surface area contributed by atoms with Crippen molar-refractivity contribution in [1.82, 2.24) is 5.43 Å². The molecule has 0 saturated carbocycles. The Morgan fingerprint density at radius 2 is 2.06 bits per heavy atom. The molecule has 4 heteroatoms. The van der Waals surface area contributed by atoms with E-state index < -0.39 is 0 Å². The lowest BCUT2D eigenvalue weighted by Crippen LogP contribution is -2.32. The maximum atomic E-state index is 5.95. The molecule has 2 rings (SSSR count). The zero-order valence-electron chi connectivity index (χ0n) is 10.7. The molecular formula is C14H19BrN2O. The highest BCUT2D eigenvalue weighted by Gasteiger charge is 2.23. The molecule has 1 heterocycles. The van der Waals surface area contributed by atoms with Gasteiger partial charge in [0.05, 0.1) is 10.5 Å². The summed E-state index contributed by atoms with van der Waals surface area (Å²) in [5, 5.41) is 1.10. The van der Waals surface area contributed by atoms with Crippen molar-refractivity contribution in [3.8, 4) is 0 Å². The third kappa shape index (κ3) is 2.46. The molecular weight excluding hydrogens is 292 g/mol. The molecule has 0 bridgehead atoms. The molecule has 0 spiro atoms. The second kappa shape index (κ2) is 5.87. The van der Waals surface area contributed by atoms with E-state index in [9.17, 15) is 0 Å². The Kier molecular flexibility index (Phi) is 4.43. The first-order valence-electron chi connectivity index (χ1n) is 6.35. The zero-order valence-corrected chi connectivity index (χ0v) is 12.3. The molecule has 1 atom stereocenters. The second-order valence-corrected chi connectivity index (χ2v) is 5.38. The summed E-state index contributed by atoms with van der Waals surface area (Å²) < 4.78 is 6.93. The first-order valence-corrected chi connectivity index (χ1v) is 7.14. The van der Waals surface area contributed by atoms with Crippen LogP contribution in [0.4, 0.5) is 0 Å². The van der Waals surface area contributed by atoms with Crippen LogP contribution in [-0.4, -0.2) is 0 Å². The fraction of sp³-hybridized carbons (Fsp3) is 0.429. The van der Waals surface area contributed by atoms with Crippen molar-refractivity contribution in [3.05, 3.63) is 34.5 Å². The van der Waals surface area contributed by atoms with Crippen LogP contribution in [0.2, 0.25) is 0 Å². The van der Waals surface area contributed by atoms with Crippen molar-refractivity contribution < 1.29 is 4.42 Å². The van der Waals surface area contributed by atoms with E-state index in [1.54, 1.807) is 0 Å². The van der Waals surface area contributed by atoms with Gasteiger partial charge >= 0.3 is 0 Å². The number of hydrogen-bond acceptors (Lipinski definition) is 3. The van der Waals surface area contributed by atoms with Crippen LogP contribution in [0.15, 0.2) is 33.2 Å². The summed E-state index contributed by atoms with van der Waals surface area (Å²) in [5.41, 5.74) is 3.78. The Balaban J connectivity index is 2.42. The molecule has 2 aromatic rings. The van der Waals surface area contributed by atoms with E-state index in [0.717, 1.165) is 34.0 Å². The van der Waals surface area contributed by atoms with Gasteiger partial charge in [-0.05, 0) is 34.0 Å². The minimum atomic E-state index is 0.0688. The van der Waals surface area contributed by atoms with Gasteiger partial charge in [0.15, 0.2) is 0 Å². The summed E-state index contributed by atoms with van der Waals surface area (Å²) in [6, 6.07) is 8.18. The van der Waals surface area contributed by atoms with Crippen molar-refractivity contribution in [2.24, 2.45) is 11.8 Å². The quantitative estimate of drug-likeness (QED) is 0.644. The first kappa shape index (κ1) is 13.6. The highest BCUT2D eigenvalue weighted by molar-refractivity contribution is 9.10. The number of halogens is 1. The number of hydrazine groups is 1. The zero-order chi connectivity index (χ0) is 13.1. The number of fused-ring (bicyclic) bond motifs is 1. The Morgan fingerprint density at radius 1 is 1.33 bits per heavy atom. The third-order valence-corrected chi connectivity index (χ3v) is 4.15. The van der Waals surface area contributed by atoms with Gasteiger partial charge in [-0.3, -0.25) is 5.84 Å². The largest absolute Gasteiger partial charge is 0.458 e. The fourth-order valence-electron chi connectivity index (χ4n) is 2.41. The topological polar surface area (TPSA) is 51.2 Å². The van der Waals surface area contributed by atoms with Gasteiger partial charge in [0, 0.05) is 5.39 Å². The second-order valence-electron chi connectivity index (χ2n) is 4.53. The van der Waals surface area contributed by atoms with E-state index in [0.29, 0.717) is 5.92 Å². The van der Waals surface area contributed by atoms with Gasteiger partial charge in [0.1, 0.15) is 11.3 Å². The van der Waals surface area contributed by atoms with Crippen molar-refractivity contribution in [2.75, 3.05) is 0 Å². The molecule has 3 nitrogen and oxygen atoms in total. The lowest BCUT2D eigenvalue weighted by Gasteiger charge is -2.22. The fourth-order valence-corrected chi connectivity index (χ4v) is 2.87. The van der Waals surface area contributed by atoms with Gasteiger partial charge in [-0.15, -0.1) is 0 Å². The van der Waals surface area contributed by atoms with E-state index in [4.69, 9.17) is 10.3 Å². The molecule has 98 valence electrons. The van der Waals surface area contributed by atoms with Crippen molar-refractivity contribution >= 4 is 26.9 Å². The summed E-state index contributed by atoms with van der Waals surface area (Å²) >= 11 is 3.51. The molecule has 0 fully saturated rings.